The molecule has 0 spiro atoms. The van der Waals surface area contributed by atoms with Crippen LogP contribution >= 0.6 is 0 Å². The van der Waals surface area contributed by atoms with Crippen LogP contribution in [0.2, 0.25) is 0 Å². The Morgan fingerprint density at radius 1 is 1.12 bits per heavy atom. The minimum absolute atomic E-state index is 0.159. The maximum atomic E-state index is 12.7. The highest BCUT2D eigenvalue weighted by Gasteiger charge is 2.26. The topological polar surface area (TPSA) is 76.1 Å². The first-order valence-corrected chi connectivity index (χ1v) is 8.04. The van der Waals surface area contributed by atoms with Gasteiger partial charge in [0, 0.05) is 18.5 Å². The van der Waals surface area contributed by atoms with Crippen molar-refractivity contribution in [3.8, 4) is 11.5 Å². The van der Waals surface area contributed by atoms with Crippen LogP contribution in [0.25, 0.3) is 0 Å². The van der Waals surface area contributed by atoms with Crippen LogP contribution in [-0.4, -0.2) is 42.6 Å². The molecule has 0 aliphatic heterocycles. The van der Waals surface area contributed by atoms with Gasteiger partial charge in [-0.25, -0.2) is 0 Å². The molecule has 0 aliphatic rings. The van der Waals surface area contributed by atoms with Gasteiger partial charge < -0.3 is 19.5 Å². The number of hydrogen-bond donors (Lipinski definition) is 1. The fourth-order valence-corrected chi connectivity index (χ4v) is 2.44. The molecule has 1 N–H and O–H groups in total. The fraction of sp³-hybridized carbons (Fsp3) is 0.556. The molecular formula is C18H27NO5. The zero-order valence-corrected chi connectivity index (χ0v) is 15.0. The van der Waals surface area contributed by atoms with Crippen molar-refractivity contribution in [3.63, 3.8) is 0 Å². The fourth-order valence-electron chi connectivity index (χ4n) is 2.44. The Labute approximate surface area is 143 Å². The van der Waals surface area contributed by atoms with E-state index in [4.69, 9.17) is 14.6 Å². The number of ether oxygens (including phenoxy) is 2. The summed E-state index contributed by atoms with van der Waals surface area (Å²) in [5, 5.41) is 9.15. The van der Waals surface area contributed by atoms with Gasteiger partial charge in [0.2, 0.25) is 5.91 Å². The molecule has 0 saturated carbocycles. The minimum atomic E-state index is -1.03. The van der Waals surface area contributed by atoms with E-state index < -0.39 is 5.97 Å². The number of carbonyl (C=O) groups is 2. The zero-order chi connectivity index (χ0) is 18.3. The lowest BCUT2D eigenvalue weighted by Crippen LogP contribution is -2.40. The summed E-state index contributed by atoms with van der Waals surface area (Å²) < 4.78 is 10.4. The summed E-state index contributed by atoms with van der Waals surface area (Å²) in [7, 11) is 3.09. The van der Waals surface area contributed by atoms with E-state index in [2.05, 4.69) is 0 Å². The molecule has 1 aromatic rings. The molecule has 0 fully saturated rings. The van der Waals surface area contributed by atoms with Crippen molar-refractivity contribution < 1.29 is 24.2 Å². The van der Waals surface area contributed by atoms with Crippen LogP contribution in [0.15, 0.2) is 18.2 Å². The smallest absolute Gasteiger partial charge is 0.323 e. The zero-order valence-electron chi connectivity index (χ0n) is 15.0. The predicted molar refractivity (Wildman–Crippen MR) is 91.2 cm³/mol. The number of benzene rings is 1. The minimum Gasteiger partial charge on any atom is -0.497 e. The van der Waals surface area contributed by atoms with Gasteiger partial charge in [-0.1, -0.05) is 27.2 Å². The van der Waals surface area contributed by atoms with Crippen molar-refractivity contribution in [1.29, 1.82) is 0 Å². The molecule has 0 bridgehead atoms. The van der Waals surface area contributed by atoms with Crippen LogP contribution in [0.4, 0.5) is 0 Å². The molecule has 1 amide bonds. The number of carboxylic acids is 1. The molecule has 0 aliphatic carbocycles. The van der Waals surface area contributed by atoms with Crippen LogP contribution in [0.5, 0.6) is 11.5 Å². The molecule has 2 atom stereocenters. The summed E-state index contributed by atoms with van der Waals surface area (Å²) >= 11 is 0. The third-order valence-corrected chi connectivity index (χ3v) is 4.31. The Morgan fingerprint density at radius 2 is 1.67 bits per heavy atom. The number of methoxy groups -OCH3 is 2. The summed E-state index contributed by atoms with van der Waals surface area (Å²) in [5.41, 5.74) is 0.761. The maximum absolute atomic E-state index is 12.7. The summed E-state index contributed by atoms with van der Waals surface area (Å²) in [6.45, 7) is 5.72. The van der Waals surface area contributed by atoms with E-state index in [1.807, 2.05) is 20.8 Å². The van der Waals surface area contributed by atoms with E-state index in [1.54, 1.807) is 32.4 Å². The van der Waals surface area contributed by atoms with Crippen molar-refractivity contribution >= 4 is 11.9 Å². The van der Waals surface area contributed by atoms with E-state index in [9.17, 15) is 9.59 Å². The van der Waals surface area contributed by atoms with Crippen LogP contribution < -0.4 is 9.47 Å². The summed E-state index contributed by atoms with van der Waals surface area (Å²) in [6.07, 6.45) is 0.862. The van der Waals surface area contributed by atoms with Gasteiger partial charge in [0.25, 0.3) is 0 Å². The van der Waals surface area contributed by atoms with E-state index in [1.165, 1.54) is 4.90 Å². The lowest BCUT2D eigenvalue weighted by atomic mass is 9.92. The molecule has 24 heavy (non-hydrogen) atoms. The van der Waals surface area contributed by atoms with Gasteiger partial charge in [-0.2, -0.15) is 0 Å². The van der Waals surface area contributed by atoms with Crippen molar-refractivity contribution in [1.82, 2.24) is 4.90 Å². The first-order valence-electron chi connectivity index (χ1n) is 8.04. The first kappa shape index (κ1) is 19.8. The van der Waals surface area contributed by atoms with Gasteiger partial charge in [-0.05, 0) is 23.6 Å². The average molecular weight is 337 g/mol. The predicted octanol–water partition coefficient (Wildman–Crippen LogP) is 2.80. The average Bonchev–Trinajstić information content (AvgIpc) is 2.58. The number of carboxylic acid groups (broad SMARTS) is 1. The monoisotopic (exact) mass is 337 g/mol. The van der Waals surface area contributed by atoms with E-state index in [-0.39, 0.29) is 30.8 Å². The van der Waals surface area contributed by atoms with Gasteiger partial charge in [-0.3, -0.25) is 9.59 Å². The number of aliphatic carboxylic acids is 1. The highest BCUT2D eigenvalue weighted by molar-refractivity contribution is 5.83. The standard InChI is InChI=1S/C18H27NO5/c1-6-12(2)13(3)18(22)19(11-17(20)21)10-14-7-15(23-4)9-16(8-14)24-5/h7-9,12-13H,6,10-11H2,1-5H3,(H,20,21). The molecule has 1 rings (SSSR count). The van der Waals surface area contributed by atoms with Crippen molar-refractivity contribution in [3.05, 3.63) is 23.8 Å². The van der Waals surface area contributed by atoms with Crippen molar-refractivity contribution in [2.75, 3.05) is 20.8 Å². The number of rotatable bonds is 9. The third-order valence-electron chi connectivity index (χ3n) is 4.31. The lowest BCUT2D eigenvalue weighted by Gasteiger charge is -2.27. The lowest BCUT2D eigenvalue weighted by molar-refractivity contribution is -0.147. The molecule has 0 saturated heterocycles. The first-order chi connectivity index (χ1) is 11.3. The van der Waals surface area contributed by atoms with Gasteiger partial charge in [0.15, 0.2) is 0 Å². The van der Waals surface area contributed by atoms with Crippen molar-refractivity contribution in [2.45, 2.75) is 33.7 Å². The quantitative estimate of drug-likeness (QED) is 0.750. The Kier molecular flexibility index (Phi) is 7.55. The Hall–Kier alpha value is -2.24. The second-order valence-electron chi connectivity index (χ2n) is 5.98. The van der Waals surface area contributed by atoms with Crippen LogP contribution in [0, 0.1) is 11.8 Å². The highest BCUT2D eigenvalue weighted by Crippen LogP contribution is 2.25. The Morgan fingerprint density at radius 3 is 2.08 bits per heavy atom. The number of carbonyl (C=O) groups excluding carboxylic acids is 1. The van der Waals surface area contributed by atoms with E-state index in [0.717, 1.165) is 12.0 Å². The molecule has 6 heteroatoms. The molecular weight excluding hydrogens is 310 g/mol. The van der Waals surface area contributed by atoms with Crippen LogP contribution in [0.3, 0.4) is 0 Å². The van der Waals surface area contributed by atoms with Gasteiger partial charge in [0.05, 0.1) is 14.2 Å². The number of nitrogens with zero attached hydrogens (tertiary/aromatic N) is 1. The summed E-state index contributed by atoms with van der Waals surface area (Å²) in [4.78, 5) is 25.2. The number of hydrogen-bond acceptors (Lipinski definition) is 4. The van der Waals surface area contributed by atoms with Gasteiger partial charge in [0.1, 0.15) is 18.0 Å². The molecule has 1 aromatic carbocycles. The summed E-state index contributed by atoms with van der Waals surface area (Å²) in [5.74, 6) is -0.0392. The second kappa shape index (κ2) is 9.15. The van der Waals surface area contributed by atoms with Gasteiger partial charge in [-0.15, -0.1) is 0 Å². The van der Waals surface area contributed by atoms with E-state index >= 15 is 0 Å². The molecule has 6 nitrogen and oxygen atoms in total. The second-order valence-corrected chi connectivity index (χ2v) is 5.98. The largest absolute Gasteiger partial charge is 0.497 e. The summed E-state index contributed by atoms with van der Waals surface area (Å²) in [6, 6.07) is 5.28. The maximum Gasteiger partial charge on any atom is 0.323 e. The van der Waals surface area contributed by atoms with Crippen LogP contribution in [0.1, 0.15) is 32.8 Å². The van der Waals surface area contributed by atoms with Crippen LogP contribution in [-0.2, 0) is 16.1 Å². The third kappa shape index (κ3) is 5.44. The van der Waals surface area contributed by atoms with Gasteiger partial charge >= 0.3 is 5.97 Å². The SMILES string of the molecule is CCC(C)C(C)C(=O)N(CC(=O)O)Cc1cc(OC)cc(OC)c1. The molecule has 0 aromatic heterocycles. The Balaban J connectivity index is 3.05. The highest BCUT2D eigenvalue weighted by atomic mass is 16.5. The molecule has 134 valence electrons. The number of amides is 1. The molecule has 2 unspecified atom stereocenters. The van der Waals surface area contributed by atoms with E-state index in [0.29, 0.717) is 11.5 Å². The molecule has 0 radical (unpaired) electrons. The molecule has 0 heterocycles. The normalized spacial score (nSPS) is 13.0. The van der Waals surface area contributed by atoms with Crippen molar-refractivity contribution in [2.24, 2.45) is 11.8 Å². The Bertz CT molecular complexity index is 550.